The molecular formula is C15H15NO6. The average molecular weight is 305 g/mol. The molecule has 0 heterocycles. The van der Waals surface area contributed by atoms with Crippen LogP contribution in [0.25, 0.3) is 0 Å². The first kappa shape index (κ1) is 15.7. The minimum Gasteiger partial charge on any atom is -0.467 e. The monoisotopic (exact) mass is 305 g/mol. The Morgan fingerprint density at radius 2 is 1.86 bits per heavy atom. The van der Waals surface area contributed by atoms with Crippen LogP contribution in [0.1, 0.15) is 39.6 Å². The van der Waals surface area contributed by atoms with Gasteiger partial charge in [-0.1, -0.05) is 12.1 Å². The summed E-state index contributed by atoms with van der Waals surface area (Å²) >= 11 is 0. The van der Waals surface area contributed by atoms with Crippen LogP contribution in [-0.4, -0.2) is 37.8 Å². The summed E-state index contributed by atoms with van der Waals surface area (Å²) in [7, 11) is 2.30. The number of ketones is 2. The maximum atomic E-state index is 12.2. The molecule has 1 aliphatic rings. The third kappa shape index (κ3) is 2.34. The zero-order valence-corrected chi connectivity index (χ0v) is 12.4. The number of carbonyl (C=O) groups excluding carboxylic acids is 4. The largest absolute Gasteiger partial charge is 0.467 e. The third-order valence-corrected chi connectivity index (χ3v) is 3.65. The number of ether oxygens (including phenoxy) is 2. The van der Waals surface area contributed by atoms with Crippen LogP contribution in [0.15, 0.2) is 18.2 Å². The van der Waals surface area contributed by atoms with E-state index in [1.54, 1.807) is 0 Å². The molecule has 0 bridgehead atoms. The maximum Gasteiger partial charge on any atom is 0.408 e. The smallest absolute Gasteiger partial charge is 0.408 e. The summed E-state index contributed by atoms with van der Waals surface area (Å²) in [4.78, 5) is 47.6. The highest BCUT2D eigenvalue weighted by Gasteiger charge is 2.52. The fourth-order valence-electron chi connectivity index (χ4n) is 2.53. The molecule has 0 radical (unpaired) electrons. The van der Waals surface area contributed by atoms with Crippen LogP contribution >= 0.6 is 0 Å². The van der Waals surface area contributed by atoms with E-state index in [2.05, 4.69) is 10.1 Å². The van der Waals surface area contributed by atoms with Crippen LogP contribution in [0.5, 0.6) is 0 Å². The van der Waals surface area contributed by atoms with Crippen LogP contribution in [0, 0.1) is 0 Å². The Morgan fingerprint density at radius 3 is 2.41 bits per heavy atom. The van der Waals surface area contributed by atoms with Crippen molar-refractivity contribution in [1.29, 1.82) is 0 Å². The third-order valence-electron chi connectivity index (χ3n) is 3.65. The second-order valence-corrected chi connectivity index (χ2v) is 4.93. The van der Waals surface area contributed by atoms with Crippen molar-refractivity contribution in [3.8, 4) is 0 Å². The van der Waals surface area contributed by atoms with E-state index in [9.17, 15) is 19.2 Å². The Labute approximate surface area is 126 Å². The SMILES string of the molecule is COC(=O)N[C@@]1(C(=O)OC)CC(=O)c2ccc(C(C)=O)cc21. The first-order valence-corrected chi connectivity index (χ1v) is 6.49. The predicted molar refractivity (Wildman–Crippen MR) is 74.6 cm³/mol. The minimum absolute atomic E-state index is 0.223. The summed E-state index contributed by atoms with van der Waals surface area (Å²) in [6.45, 7) is 1.37. The van der Waals surface area contributed by atoms with E-state index < -0.39 is 17.6 Å². The molecule has 1 aromatic rings. The van der Waals surface area contributed by atoms with Gasteiger partial charge in [0.1, 0.15) is 0 Å². The van der Waals surface area contributed by atoms with Gasteiger partial charge in [-0.05, 0) is 13.0 Å². The molecule has 0 fully saturated rings. The van der Waals surface area contributed by atoms with E-state index >= 15 is 0 Å². The molecule has 1 aromatic carbocycles. The Kier molecular flexibility index (Phi) is 3.99. The molecule has 1 atom stereocenters. The molecule has 22 heavy (non-hydrogen) atoms. The summed E-state index contributed by atoms with van der Waals surface area (Å²) in [5, 5.41) is 2.38. The van der Waals surface area contributed by atoms with Crippen LogP contribution in [0.4, 0.5) is 4.79 Å². The van der Waals surface area contributed by atoms with E-state index in [-0.39, 0.29) is 29.1 Å². The molecule has 7 nitrogen and oxygen atoms in total. The van der Waals surface area contributed by atoms with Gasteiger partial charge in [-0.2, -0.15) is 0 Å². The van der Waals surface area contributed by atoms with Crippen LogP contribution in [-0.2, 0) is 19.8 Å². The number of Topliss-reactive ketones (excluding diaryl/α,β-unsaturated/α-hetero) is 2. The van der Waals surface area contributed by atoms with Crippen molar-refractivity contribution in [3.05, 3.63) is 34.9 Å². The van der Waals surface area contributed by atoms with Gasteiger partial charge in [-0.3, -0.25) is 9.59 Å². The lowest BCUT2D eigenvalue weighted by molar-refractivity contribution is -0.148. The van der Waals surface area contributed by atoms with E-state index in [1.165, 1.54) is 25.1 Å². The molecule has 7 heteroatoms. The molecule has 0 spiro atoms. The number of benzene rings is 1. The highest BCUT2D eigenvalue weighted by atomic mass is 16.5. The second kappa shape index (κ2) is 5.59. The van der Waals surface area contributed by atoms with Crippen molar-refractivity contribution < 1.29 is 28.7 Å². The highest BCUT2D eigenvalue weighted by Crippen LogP contribution is 2.38. The minimum atomic E-state index is -1.68. The summed E-state index contributed by atoms with van der Waals surface area (Å²) < 4.78 is 9.27. The van der Waals surface area contributed by atoms with Crippen molar-refractivity contribution in [1.82, 2.24) is 5.32 Å². The van der Waals surface area contributed by atoms with Gasteiger partial charge in [0.05, 0.1) is 14.2 Å². The van der Waals surface area contributed by atoms with E-state index in [1.807, 2.05) is 0 Å². The predicted octanol–water partition coefficient (Wildman–Crippen LogP) is 1.20. The van der Waals surface area contributed by atoms with Gasteiger partial charge in [-0.25, -0.2) is 9.59 Å². The second-order valence-electron chi connectivity index (χ2n) is 4.93. The van der Waals surface area contributed by atoms with Gasteiger partial charge in [0.15, 0.2) is 17.1 Å². The van der Waals surface area contributed by atoms with Gasteiger partial charge >= 0.3 is 12.1 Å². The van der Waals surface area contributed by atoms with Crippen molar-refractivity contribution >= 4 is 23.6 Å². The lowest BCUT2D eigenvalue weighted by atomic mass is 9.90. The fourth-order valence-corrected chi connectivity index (χ4v) is 2.53. The van der Waals surface area contributed by atoms with Gasteiger partial charge < -0.3 is 14.8 Å². The lowest BCUT2D eigenvalue weighted by Crippen LogP contribution is -2.51. The quantitative estimate of drug-likeness (QED) is 0.665. The molecule has 0 aliphatic heterocycles. The number of hydrogen-bond acceptors (Lipinski definition) is 6. The molecule has 1 N–H and O–H groups in total. The van der Waals surface area contributed by atoms with Crippen LogP contribution < -0.4 is 5.32 Å². The Balaban J connectivity index is 2.65. The number of carbonyl (C=O) groups is 4. The first-order valence-electron chi connectivity index (χ1n) is 6.49. The summed E-state index contributed by atoms with van der Waals surface area (Å²) in [5.41, 5.74) is -0.845. The average Bonchev–Trinajstić information content (AvgIpc) is 2.79. The van der Waals surface area contributed by atoms with Crippen LogP contribution in [0.3, 0.4) is 0 Å². The van der Waals surface area contributed by atoms with Crippen molar-refractivity contribution in [2.45, 2.75) is 18.9 Å². The van der Waals surface area contributed by atoms with E-state index in [4.69, 9.17) is 4.74 Å². The van der Waals surface area contributed by atoms with Gasteiger partial charge in [-0.15, -0.1) is 0 Å². The van der Waals surface area contributed by atoms with Gasteiger partial charge in [0, 0.05) is 23.1 Å². The highest BCUT2D eigenvalue weighted by molar-refractivity contribution is 6.09. The summed E-state index contributed by atoms with van der Waals surface area (Å²) in [6, 6.07) is 4.40. The molecule has 1 aliphatic carbocycles. The topological polar surface area (TPSA) is 98.8 Å². The van der Waals surface area contributed by atoms with Crippen molar-refractivity contribution in [2.75, 3.05) is 14.2 Å². The molecule has 1 amide bonds. The lowest BCUT2D eigenvalue weighted by Gasteiger charge is -2.27. The molecular weight excluding hydrogens is 290 g/mol. The normalized spacial score (nSPS) is 19.3. The van der Waals surface area contributed by atoms with Gasteiger partial charge in [0.2, 0.25) is 0 Å². The maximum absolute atomic E-state index is 12.2. The number of fused-ring (bicyclic) bond motifs is 1. The standard InChI is InChI=1S/C15H15NO6/c1-8(17)9-4-5-10-11(6-9)15(7-12(10)18,13(19)21-2)16-14(20)22-3/h4-6H,7H2,1-3H3,(H,16,20)/t15-/m0/s1. The van der Waals surface area contributed by atoms with E-state index in [0.29, 0.717) is 5.56 Å². The zero-order valence-electron chi connectivity index (χ0n) is 12.4. The Bertz CT molecular complexity index is 681. The number of alkyl carbamates (subject to hydrolysis) is 1. The molecule has 2 rings (SSSR count). The van der Waals surface area contributed by atoms with Crippen LogP contribution in [0.2, 0.25) is 0 Å². The number of methoxy groups -OCH3 is 2. The first-order chi connectivity index (χ1) is 10.4. The molecule has 0 aromatic heterocycles. The van der Waals surface area contributed by atoms with Crippen molar-refractivity contribution in [3.63, 3.8) is 0 Å². The van der Waals surface area contributed by atoms with E-state index in [0.717, 1.165) is 14.2 Å². The number of rotatable bonds is 3. The molecule has 0 saturated carbocycles. The molecule has 0 saturated heterocycles. The van der Waals surface area contributed by atoms with Crippen molar-refractivity contribution in [2.24, 2.45) is 0 Å². The van der Waals surface area contributed by atoms with Gasteiger partial charge in [0.25, 0.3) is 0 Å². The summed E-state index contributed by atoms with van der Waals surface area (Å²) in [6.07, 6.45) is -1.16. The Morgan fingerprint density at radius 1 is 1.18 bits per heavy atom. The fraction of sp³-hybridized carbons (Fsp3) is 0.333. The zero-order chi connectivity index (χ0) is 16.5. The summed E-state index contributed by atoms with van der Waals surface area (Å²) in [5.74, 6) is -1.35. The molecule has 0 unspecified atom stereocenters. The Hall–Kier alpha value is -2.70. The number of esters is 1. The number of amides is 1. The number of nitrogens with one attached hydrogen (secondary N) is 1. The number of hydrogen-bond donors (Lipinski definition) is 1. The molecule has 116 valence electrons.